The number of ether oxygens (including phenoxy) is 1. The molecule has 0 aromatic rings. The predicted molar refractivity (Wildman–Crippen MR) is 54.4 cm³/mol. The zero-order valence-corrected chi connectivity index (χ0v) is 8.88. The molecule has 5 nitrogen and oxygen atoms in total. The molecule has 0 aromatic carbocycles. The first-order valence-electron chi connectivity index (χ1n) is 4.21. The fourth-order valence-corrected chi connectivity index (χ4v) is 1.74. The molecule has 0 fully saturated rings. The average molecular weight is 221 g/mol. The van der Waals surface area contributed by atoms with Gasteiger partial charge in [0.15, 0.2) is 0 Å². The minimum atomic E-state index is -1.00. The maximum atomic E-state index is 10.5. The van der Waals surface area contributed by atoms with Crippen molar-refractivity contribution in [1.82, 2.24) is 5.32 Å². The van der Waals surface area contributed by atoms with Crippen LogP contribution in [0.1, 0.15) is 6.42 Å². The van der Waals surface area contributed by atoms with E-state index in [1.165, 1.54) is 11.8 Å². The fraction of sp³-hybridized carbons (Fsp3) is 0.750. The van der Waals surface area contributed by atoms with Gasteiger partial charge in [-0.15, -0.1) is 0 Å². The Morgan fingerprint density at radius 1 is 1.71 bits per heavy atom. The van der Waals surface area contributed by atoms with E-state index in [2.05, 4.69) is 5.32 Å². The van der Waals surface area contributed by atoms with Gasteiger partial charge < -0.3 is 15.2 Å². The van der Waals surface area contributed by atoms with Gasteiger partial charge in [-0.05, 0) is 12.2 Å². The third-order valence-corrected chi connectivity index (χ3v) is 2.64. The minimum absolute atomic E-state index is 0.387. The lowest BCUT2D eigenvalue weighted by Gasteiger charge is -2.09. The highest BCUT2D eigenvalue weighted by Gasteiger charge is 2.15. The highest BCUT2D eigenvalue weighted by atomic mass is 32.2. The van der Waals surface area contributed by atoms with Gasteiger partial charge in [-0.2, -0.15) is 11.8 Å². The van der Waals surface area contributed by atoms with Crippen molar-refractivity contribution in [3.8, 4) is 0 Å². The van der Waals surface area contributed by atoms with Crippen molar-refractivity contribution in [3.05, 3.63) is 0 Å². The summed E-state index contributed by atoms with van der Waals surface area (Å²) in [4.78, 5) is 20.6. The van der Waals surface area contributed by atoms with E-state index in [0.29, 0.717) is 18.8 Å². The Kier molecular flexibility index (Phi) is 8.36. The molecule has 2 N–H and O–H groups in total. The summed E-state index contributed by atoms with van der Waals surface area (Å²) >= 11 is 1.49. The molecule has 6 heteroatoms. The van der Waals surface area contributed by atoms with Crippen molar-refractivity contribution in [2.45, 2.75) is 12.5 Å². The fourth-order valence-electron chi connectivity index (χ4n) is 0.779. The van der Waals surface area contributed by atoms with Crippen LogP contribution in [0.15, 0.2) is 0 Å². The lowest BCUT2D eigenvalue weighted by Crippen LogP contribution is -2.37. The van der Waals surface area contributed by atoms with E-state index >= 15 is 0 Å². The molecule has 0 rings (SSSR count). The van der Waals surface area contributed by atoms with Crippen LogP contribution in [0.3, 0.4) is 0 Å². The molecule has 82 valence electrons. The van der Waals surface area contributed by atoms with Crippen LogP contribution in [0.2, 0.25) is 0 Å². The zero-order chi connectivity index (χ0) is 10.8. The molecule has 1 atom stereocenters. The lowest BCUT2D eigenvalue weighted by molar-refractivity contribution is -0.139. The van der Waals surface area contributed by atoms with Crippen molar-refractivity contribution in [2.24, 2.45) is 0 Å². The monoisotopic (exact) mass is 221 g/mol. The van der Waals surface area contributed by atoms with Crippen molar-refractivity contribution >= 4 is 24.1 Å². The molecule has 0 aliphatic carbocycles. The molecule has 1 unspecified atom stereocenters. The van der Waals surface area contributed by atoms with Gasteiger partial charge in [-0.25, -0.2) is 4.79 Å². The summed E-state index contributed by atoms with van der Waals surface area (Å²) in [5, 5.41) is 10.9. The topological polar surface area (TPSA) is 75.6 Å². The van der Waals surface area contributed by atoms with Gasteiger partial charge in [0.25, 0.3) is 0 Å². The summed E-state index contributed by atoms with van der Waals surface area (Å²) in [6.07, 6.45) is 1.29. The molecule has 1 amide bonds. The number of amides is 1. The molecule has 0 aliphatic rings. The standard InChI is InChI=1S/C8H15NO4S/c1-13-3-2-4-14-5-7(8(11)12)9-6-10/h6-7H,2-5H2,1H3,(H,9,10)(H,11,12). The Morgan fingerprint density at radius 3 is 2.93 bits per heavy atom. The van der Waals surface area contributed by atoms with Crippen molar-refractivity contribution < 1.29 is 19.4 Å². The third kappa shape index (κ3) is 6.73. The van der Waals surface area contributed by atoms with Crippen LogP contribution in [0.4, 0.5) is 0 Å². The van der Waals surface area contributed by atoms with Crippen LogP contribution in [-0.2, 0) is 14.3 Å². The summed E-state index contributed by atoms with van der Waals surface area (Å²) in [5.41, 5.74) is 0. The van der Waals surface area contributed by atoms with Crippen molar-refractivity contribution in [2.75, 3.05) is 25.2 Å². The first kappa shape index (κ1) is 13.2. The van der Waals surface area contributed by atoms with E-state index in [-0.39, 0.29) is 0 Å². The number of thioether (sulfide) groups is 1. The van der Waals surface area contributed by atoms with E-state index < -0.39 is 12.0 Å². The van der Waals surface area contributed by atoms with E-state index in [9.17, 15) is 9.59 Å². The van der Waals surface area contributed by atoms with Gasteiger partial charge in [-0.1, -0.05) is 0 Å². The molecule has 0 heterocycles. The van der Waals surface area contributed by atoms with Gasteiger partial charge in [0.05, 0.1) is 0 Å². The van der Waals surface area contributed by atoms with Crippen LogP contribution in [0.25, 0.3) is 0 Å². The highest BCUT2D eigenvalue weighted by Crippen LogP contribution is 2.05. The van der Waals surface area contributed by atoms with Crippen molar-refractivity contribution in [3.63, 3.8) is 0 Å². The molecule has 0 aliphatic heterocycles. The Bertz CT molecular complexity index is 177. The number of hydrogen-bond acceptors (Lipinski definition) is 4. The van der Waals surface area contributed by atoms with Gasteiger partial charge in [-0.3, -0.25) is 4.79 Å². The lowest BCUT2D eigenvalue weighted by atomic mass is 10.3. The van der Waals surface area contributed by atoms with Gasteiger partial charge in [0.1, 0.15) is 6.04 Å². The average Bonchev–Trinajstić information content (AvgIpc) is 2.15. The Hall–Kier alpha value is -0.750. The normalized spacial score (nSPS) is 12.1. The quantitative estimate of drug-likeness (QED) is 0.422. The SMILES string of the molecule is COCCCSCC(NC=O)C(=O)O. The highest BCUT2D eigenvalue weighted by molar-refractivity contribution is 7.99. The first-order valence-corrected chi connectivity index (χ1v) is 5.37. The Labute approximate surface area is 87.2 Å². The number of carboxylic acids is 1. The number of carbonyl (C=O) groups excluding carboxylic acids is 1. The van der Waals surface area contributed by atoms with E-state index in [4.69, 9.17) is 9.84 Å². The number of rotatable bonds is 9. The largest absolute Gasteiger partial charge is 0.480 e. The molecule has 0 radical (unpaired) electrons. The van der Waals surface area contributed by atoms with E-state index in [1.807, 2.05) is 0 Å². The second-order valence-corrected chi connectivity index (χ2v) is 3.75. The number of carboxylic acid groups (broad SMARTS) is 1. The zero-order valence-electron chi connectivity index (χ0n) is 8.06. The number of methoxy groups -OCH3 is 1. The molecule has 0 spiro atoms. The number of hydrogen-bond donors (Lipinski definition) is 2. The van der Waals surface area contributed by atoms with E-state index in [1.54, 1.807) is 7.11 Å². The smallest absolute Gasteiger partial charge is 0.327 e. The van der Waals surface area contributed by atoms with Gasteiger partial charge >= 0.3 is 5.97 Å². The molecule has 14 heavy (non-hydrogen) atoms. The van der Waals surface area contributed by atoms with Crippen molar-refractivity contribution in [1.29, 1.82) is 0 Å². The summed E-state index contributed by atoms with van der Waals surface area (Å²) in [5.74, 6) is 0.215. The van der Waals surface area contributed by atoms with Gasteiger partial charge in [0, 0.05) is 19.5 Å². The van der Waals surface area contributed by atoms with Gasteiger partial charge in [0.2, 0.25) is 6.41 Å². The first-order chi connectivity index (χ1) is 6.72. The maximum Gasteiger partial charge on any atom is 0.327 e. The number of aliphatic carboxylic acids is 1. The Morgan fingerprint density at radius 2 is 2.43 bits per heavy atom. The number of carbonyl (C=O) groups is 2. The molecule has 0 aromatic heterocycles. The second-order valence-electron chi connectivity index (χ2n) is 2.60. The second kappa shape index (κ2) is 8.83. The third-order valence-electron chi connectivity index (χ3n) is 1.49. The Balaban J connectivity index is 3.50. The van der Waals surface area contributed by atoms with E-state index in [0.717, 1.165) is 12.2 Å². The van der Waals surface area contributed by atoms with Crippen LogP contribution < -0.4 is 5.32 Å². The summed E-state index contributed by atoms with van der Waals surface area (Å²) < 4.78 is 4.84. The van der Waals surface area contributed by atoms with Crippen LogP contribution in [-0.4, -0.2) is 48.8 Å². The molecule has 0 saturated heterocycles. The summed E-state index contributed by atoms with van der Waals surface area (Å²) in [7, 11) is 1.62. The summed E-state index contributed by atoms with van der Waals surface area (Å²) in [6, 6.07) is -0.792. The molecule has 0 saturated carbocycles. The van der Waals surface area contributed by atoms with Crippen LogP contribution in [0, 0.1) is 0 Å². The molecular weight excluding hydrogens is 206 g/mol. The van der Waals surface area contributed by atoms with Crippen LogP contribution >= 0.6 is 11.8 Å². The minimum Gasteiger partial charge on any atom is -0.480 e. The maximum absolute atomic E-state index is 10.5. The van der Waals surface area contributed by atoms with Crippen LogP contribution in [0.5, 0.6) is 0 Å². The predicted octanol–water partition coefficient (Wildman–Crippen LogP) is -0.0447. The summed E-state index contributed by atoms with van der Waals surface area (Å²) in [6.45, 7) is 0.672. The number of nitrogens with one attached hydrogen (secondary N) is 1. The molecular formula is C8H15NO4S. The molecule has 0 bridgehead atoms.